The fourth-order valence-electron chi connectivity index (χ4n) is 3.21. The van der Waals surface area contributed by atoms with Gasteiger partial charge in [-0.15, -0.1) is 0 Å². The van der Waals surface area contributed by atoms with E-state index in [1.807, 2.05) is 30.3 Å². The maximum atomic E-state index is 12.7. The molecular weight excluding hydrogens is 469 g/mol. The van der Waals surface area contributed by atoms with Crippen LogP contribution in [0, 0.1) is 0 Å². The van der Waals surface area contributed by atoms with E-state index in [0.29, 0.717) is 31.0 Å². The number of aliphatic carboxylic acids is 1. The maximum Gasteiger partial charge on any atom is 0.490 e. The fourth-order valence-corrected chi connectivity index (χ4v) is 3.21. The van der Waals surface area contributed by atoms with Crippen molar-refractivity contribution in [2.75, 3.05) is 11.9 Å². The number of nitrogens with one attached hydrogen (secondary N) is 1. The van der Waals surface area contributed by atoms with E-state index in [0.717, 1.165) is 23.4 Å². The van der Waals surface area contributed by atoms with Crippen LogP contribution in [0.5, 0.6) is 5.75 Å². The molecule has 0 aliphatic carbocycles. The molecule has 12 heteroatoms. The molecule has 9 nitrogen and oxygen atoms in total. The number of alkyl halides is 3. The van der Waals surface area contributed by atoms with Gasteiger partial charge in [-0.2, -0.15) is 13.2 Å². The molecule has 2 amide bonds. The molecule has 1 aliphatic heterocycles. The van der Waals surface area contributed by atoms with Gasteiger partial charge in [0.15, 0.2) is 0 Å². The van der Waals surface area contributed by atoms with Crippen molar-refractivity contribution in [1.82, 2.24) is 15.0 Å². The Morgan fingerprint density at radius 3 is 2.69 bits per heavy atom. The van der Waals surface area contributed by atoms with E-state index < -0.39 is 12.1 Å². The maximum absolute atomic E-state index is 12.7. The van der Waals surface area contributed by atoms with Crippen molar-refractivity contribution in [1.29, 1.82) is 0 Å². The van der Waals surface area contributed by atoms with Gasteiger partial charge in [-0.25, -0.2) is 9.59 Å². The number of ether oxygens (including phenoxy) is 1. The summed E-state index contributed by atoms with van der Waals surface area (Å²) in [6.45, 7) is 3.40. The Kier molecular flexibility index (Phi) is 8.29. The first-order valence-corrected chi connectivity index (χ1v) is 10.6. The minimum Gasteiger partial charge on any atom is -0.486 e. The summed E-state index contributed by atoms with van der Waals surface area (Å²) in [6, 6.07) is 11.4. The van der Waals surface area contributed by atoms with Crippen LogP contribution < -0.4 is 10.1 Å². The van der Waals surface area contributed by atoms with E-state index in [9.17, 15) is 18.0 Å². The lowest BCUT2D eigenvalue weighted by Crippen LogP contribution is -2.38. The summed E-state index contributed by atoms with van der Waals surface area (Å²) in [7, 11) is 0. The molecule has 3 aromatic rings. The lowest BCUT2D eigenvalue weighted by Gasteiger charge is -2.26. The van der Waals surface area contributed by atoms with Crippen LogP contribution >= 0.6 is 0 Å². The predicted octanol–water partition coefficient (Wildman–Crippen LogP) is 4.43. The number of carbonyl (C=O) groups excluding carboxylic acids is 1. The van der Waals surface area contributed by atoms with E-state index in [4.69, 9.17) is 19.2 Å². The van der Waals surface area contributed by atoms with Gasteiger partial charge in [-0.05, 0) is 36.2 Å². The fraction of sp³-hybridized carbons (Fsp3) is 0.304. The summed E-state index contributed by atoms with van der Waals surface area (Å²) in [5.41, 5.74) is 3.63. The third-order valence-electron chi connectivity index (χ3n) is 5.03. The van der Waals surface area contributed by atoms with Gasteiger partial charge in [0.1, 0.15) is 23.8 Å². The summed E-state index contributed by atoms with van der Waals surface area (Å²) in [4.78, 5) is 27.4. The molecule has 0 fully saturated rings. The number of carbonyl (C=O) groups is 2. The Morgan fingerprint density at radius 1 is 1.26 bits per heavy atom. The molecule has 0 spiro atoms. The first kappa shape index (κ1) is 25.5. The number of rotatable bonds is 5. The van der Waals surface area contributed by atoms with Crippen LogP contribution in [-0.2, 0) is 30.8 Å². The van der Waals surface area contributed by atoms with Gasteiger partial charge in [-0.1, -0.05) is 24.2 Å². The van der Waals surface area contributed by atoms with Crippen LogP contribution in [0.15, 0.2) is 53.3 Å². The van der Waals surface area contributed by atoms with Crippen LogP contribution in [-0.4, -0.2) is 44.9 Å². The third-order valence-corrected chi connectivity index (χ3v) is 5.03. The van der Waals surface area contributed by atoms with Gasteiger partial charge in [-0.3, -0.25) is 4.98 Å². The summed E-state index contributed by atoms with van der Waals surface area (Å²) in [6.07, 6.45) is -0.177. The first-order chi connectivity index (χ1) is 16.7. The summed E-state index contributed by atoms with van der Waals surface area (Å²) >= 11 is 0. The van der Waals surface area contributed by atoms with Gasteiger partial charge in [0.2, 0.25) is 0 Å². The van der Waals surface area contributed by atoms with Crippen LogP contribution in [0.3, 0.4) is 0 Å². The zero-order valence-electron chi connectivity index (χ0n) is 18.7. The van der Waals surface area contributed by atoms with Gasteiger partial charge >= 0.3 is 18.2 Å². The van der Waals surface area contributed by atoms with Crippen molar-refractivity contribution < 1.29 is 37.1 Å². The highest BCUT2D eigenvalue weighted by molar-refractivity contribution is 5.89. The summed E-state index contributed by atoms with van der Waals surface area (Å²) in [5.74, 6) is -1.27. The second-order valence-corrected chi connectivity index (χ2v) is 7.47. The average molecular weight is 492 g/mol. The monoisotopic (exact) mass is 492 g/mol. The first-order valence-electron chi connectivity index (χ1n) is 10.6. The van der Waals surface area contributed by atoms with E-state index in [1.54, 1.807) is 17.3 Å². The molecule has 0 atom stereocenters. The molecule has 186 valence electrons. The number of carboxylic acids is 1. The van der Waals surface area contributed by atoms with Crippen molar-refractivity contribution in [3.63, 3.8) is 0 Å². The molecule has 0 radical (unpaired) electrons. The smallest absolute Gasteiger partial charge is 0.486 e. The number of benzene rings is 1. The molecule has 0 unspecified atom stereocenters. The molecule has 35 heavy (non-hydrogen) atoms. The molecule has 1 aromatic carbocycles. The van der Waals surface area contributed by atoms with Crippen molar-refractivity contribution in [2.24, 2.45) is 0 Å². The predicted molar refractivity (Wildman–Crippen MR) is 118 cm³/mol. The number of halogens is 3. The SMILES string of the molecule is CCc1cccc(NC(=O)N2CCc3onc(COc4cccnc4)c3C2)c1.O=C(O)C(F)(F)F. The van der Waals surface area contributed by atoms with E-state index in [1.165, 1.54) is 5.56 Å². The topological polar surface area (TPSA) is 118 Å². The second-order valence-electron chi connectivity index (χ2n) is 7.47. The molecule has 1 aliphatic rings. The number of carboxylic acid groups (broad SMARTS) is 1. The number of anilines is 1. The Morgan fingerprint density at radius 2 is 2.03 bits per heavy atom. The Labute approximate surface area is 198 Å². The van der Waals surface area contributed by atoms with Gasteiger partial charge in [0.25, 0.3) is 0 Å². The lowest BCUT2D eigenvalue weighted by atomic mass is 10.1. The average Bonchev–Trinajstić information content (AvgIpc) is 3.25. The molecule has 4 rings (SSSR count). The molecule has 0 saturated carbocycles. The van der Waals surface area contributed by atoms with Gasteiger partial charge in [0, 0.05) is 30.4 Å². The molecule has 0 saturated heterocycles. The minimum atomic E-state index is -5.08. The molecular formula is C23H23F3N4O5. The highest BCUT2D eigenvalue weighted by Crippen LogP contribution is 2.24. The highest BCUT2D eigenvalue weighted by Gasteiger charge is 2.38. The highest BCUT2D eigenvalue weighted by atomic mass is 19.4. The third kappa shape index (κ3) is 7.19. The van der Waals surface area contributed by atoms with Crippen molar-refractivity contribution in [3.05, 3.63) is 71.4 Å². The Hall–Kier alpha value is -4.09. The van der Waals surface area contributed by atoms with Crippen molar-refractivity contribution in [2.45, 2.75) is 39.1 Å². The van der Waals surface area contributed by atoms with Crippen LogP contribution in [0.4, 0.5) is 23.7 Å². The number of urea groups is 1. The molecule has 2 N–H and O–H groups in total. The van der Waals surface area contributed by atoms with Gasteiger partial charge in [0.05, 0.1) is 12.7 Å². The lowest BCUT2D eigenvalue weighted by molar-refractivity contribution is -0.192. The number of amides is 2. The van der Waals surface area contributed by atoms with E-state index in [2.05, 4.69) is 28.4 Å². The number of fused-ring (bicyclic) bond motifs is 1. The van der Waals surface area contributed by atoms with Gasteiger partial charge < -0.3 is 24.6 Å². The largest absolute Gasteiger partial charge is 0.490 e. The second kappa shape index (κ2) is 11.4. The van der Waals surface area contributed by atoms with Crippen molar-refractivity contribution in [3.8, 4) is 5.75 Å². The van der Waals surface area contributed by atoms with Crippen LogP contribution in [0.1, 0.15) is 29.5 Å². The number of nitrogens with zero attached hydrogens (tertiary/aromatic N) is 3. The number of aromatic nitrogens is 2. The summed E-state index contributed by atoms with van der Waals surface area (Å²) < 4.78 is 42.9. The number of hydrogen-bond donors (Lipinski definition) is 2. The zero-order valence-corrected chi connectivity index (χ0v) is 18.7. The molecule has 3 heterocycles. The number of pyridine rings is 1. The Balaban J connectivity index is 0.000000429. The minimum absolute atomic E-state index is 0.126. The standard InChI is InChI=1S/C21H22N4O3.C2HF3O2/c1-2-15-5-3-6-16(11-15)23-21(26)25-10-8-20-18(13-25)19(24-28-20)14-27-17-7-4-9-22-12-17;3-2(4,5)1(6)7/h3-7,9,11-12H,2,8,10,13-14H2,1H3,(H,23,26);(H,6,7). The summed E-state index contributed by atoms with van der Waals surface area (Å²) in [5, 5.41) is 14.2. The quantitative estimate of drug-likeness (QED) is 0.541. The van der Waals surface area contributed by atoms with E-state index in [-0.39, 0.29) is 12.6 Å². The van der Waals surface area contributed by atoms with E-state index >= 15 is 0 Å². The Bertz CT molecular complexity index is 1150. The normalized spacial score (nSPS) is 12.7. The zero-order chi connectivity index (χ0) is 25.4. The molecule has 2 aromatic heterocycles. The number of aryl methyl sites for hydroxylation is 1. The molecule has 0 bridgehead atoms. The van der Waals surface area contributed by atoms with Crippen LogP contribution in [0.25, 0.3) is 0 Å². The van der Waals surface area contributed by atoms with Crippen molar-refractivity contribution >= 4 is 17.7 Å². The van der Waals surface area contributed by atoms with Crippen LogP contribution in [0.2, 0.25) is 0 Å². The number of hydrogen-bond acceptors (Lipinski definition) is 6.